The third-order valence-electron chi connectivity index (χ3n) is 5.36. The van der Waals surface area contributed by atoms with Crippen molar-refractivity contribution in [2.75, 3.05) is 32.8 Å². The predicted molar refractivity (Wildman–Crippen MR) is 80.0 cm³/mol. The summed E-state index contributed by atoms with van der Waals surface area (Å²) in [5.74, 6) is 0.634. The molecule has 2 aliphatic heterocycles. The fourth-order valence-corrected chi connectivity index (χ4v) is 3.63. The maximum Gasteiger partial charge on any atom is 0.317 e. The van der Waals surface area contributed by atoms with E-state index in [-0.39, 0.29) is 11.9 Å². The summed E-state index contributed by atoms with van der Waals surface area (Å²) in [5.41, 5.74) is 0. The molecule has 5 nitrogen and oxygen atoms in total. The summed E-state index contributed by atoms with van der Waals surface area (Å²) in [4.78, 5) is 14.2. The lowest BCUT2D eigenvalue weighted by atomic mass is 9.83. The van der Waals surface area contributed by atoms with Gasteiger partial charge < -0.3 is 19.7 Å². The van der Waals surface area contributed by atoms with Crippen LogP contribution in [-0.2, 0) is 9.47 Å². The van der Waals surface area contributed by atoms with Crippen molar-refractivity contribution in [3.8, 4) is 0 Å². The van der Waals surface area contributed by atoms with E-state index in [0.29, 0.717) is 13.2 Å². The first-order valence-corrected chi connectivity index (χ1v) is 8.48. The zero-order chi connectivity index (χ0) is 14.7. The first-order valence-electron chi connectivity index (χ1n) is 8.48. The fourth-order valence-electron chi connectivity index (χ4n) is 3.63. The molecule has 1 atom stereocenters. The van der Waals surface area contributed by atoms with E-state index < -0.39 is 5.79 Å². The molecule has 0 aromatic carbocycles. The smallest absolute Gasteiger partial charge is 0.317 e. The van der Waals surface area contributed by atoms with Gasteiger partial charge in [-0.1, -0.05) is 19.3 Å². The molecule has 1 aliphatic carbocycles. The van der Waals surface area contributed by atoms with E-state index >= 15 is 0 Å². The topological polar surface area (TPSA) is 50.8 Å². The van der Waals surface area contributed by atoms with Crippen LogP contribution in [0.2, 0.25) is 0 Å². The Kier molecular flexibility index (Phi) is 4.69. The first-order chi connectivity index (χ1) is 10.2. The molecule has 2 amide bonds. The van der Waals surface area contributed by atoms with Crippen molar-refractivity contribution in [3.05, 3.63) is 0 Å². The molecule has 0 spiro atoms. The Hall–Kier alpha value is -0.810. The SMILES string of the molecule is CC1([C@@H]2CCCN(C(=O)NCCC3CCC3)C2)OCCO1. The molecule has 5 heteroatoms. The molecule has 3 aliphatic rings. The molecule has 0 aromatic heterocycles. The summed E-state index contributed by atoms with van der Waals surface area (Å²) in [6, 6.07) is 0.0839. The highest BCUT2D eigenvalue weighted by Crippen LogP contribution is 2.34. The van der Waals surface area contributed by atoms with Gasteiger partial charge in [-0.3, -0.25) is 0 Å². The van der Waals surface area contributed by atoms with Crippen LogP contribution >= 0.6 is 0 Å². The summed E-state index contributed by atoms with van der Waals surface area (Å²) >= 11 is 0. The van der Waals surface area contributed by atoms with E-state index in [1.807, 2.05) is 11.8 Å². The second-order valence-corrected chi connectivity index (χ2v) is 6.82. The van der Waals surface area contributed by atoms with Crippen molar-refractivity contribution < 1.29 is 14.3 Å². The molecule has 0 radical (unpaired) electrons. The van der Waals surface area contributed by atoms with E-state index in [0.717, 1.165) is 44.8 Å². The van der Waals surface area contributed by atoms with Crippen LogP contribution in [-0.4, -0.2) is 49.6 Å². The second-order valence-electron chi connectivity index (χ2n) is 6.82. The van der Waals surface area contributed by atoms with Crippen LogP contribution < -0.4 is 5.32 Å². The predicted octanol–water partition coefficient (Wildman–Crippen LogP) is 2.36. The van der Waals surface area contributed by atoms with E-state index in [4.69, 9.17) is 9.47 Å². The van der Waals surface area contributed by atoms with Gasteiger partial charge in [-0.05, 0) is 32.1 Å². The molecule has 1 N–H and O–H groups in total. The van der Waals surface area contributed by atoms with Gasteiger partial charge in [0.05, 0.1) is 13.2 Å². The molecule has 120 valence electrons. The number of nitrogens with zero attached hydrogens (tertiary/aromatic N) is 1. The Balaban J connectivity index is 1.44. The van der Waals surface area contributed by atoms with Gasteiger partial charge in [0.1, 0.15) is 0 Å². The van der Waals surface area contributed by atoms with Crippen LogP contribution in [0.4, 0.5) is 4.79 Å². The minimum absolute atomic E-state index is 0.0839. The normalized spacial score (nSPS) is 29.2. The van der Waals surface area contributed by atoms with Gasteiger partial charge in [0.25, 0.3) is 0 Å². The fraction of sp³-hybridized carbons (Fsp3) is 0.938. The number of piperidine rings is 1. The lowest BCUT2D eigenvalue weighted by Crippen LogP contribution is -2.51. The number of hydrogen-bond donors (Lipinski definition) is 1. The molecule has 1 saturated carbocycles. The standard InChI is InChI=1S/C16H28N2O3/c1-16(20-10-11-21-16)14-6-3-9-18(12-14)15(19)17-8-7-13-4-2-5-13/h13-14H,2-12H2,1H3,(H,17,19)/t14-/m1/s1. The highest BCUT2D eigenvalue weighted by molar-refractivity contribution is 5.74. The molecule has 0 bridgehead atoms. The Bertz CT molecular complexity index is 365. The number of nitrogens with one attached hydrogen (secondary N) is 1. The Morgan fingerprint density at radius 1 is 1.24 bits per heavy atom. The lowest BCUT2D eigenvalue weighted by molar-refractivity contribution is -0.189. The minimum atomic E-state index is -0.495. The van der Waals surface area contributed by atoms with Gasteiger partial charge in [0, 0.05) is 25.6 Å². The molecular formula is C16H28N2O3. The lowest BCUT2D eigenvalue weighted by Gasteiger charge is -2.39. The van der Waals surface area contributed by atoms with Crippen molar-refractivity contribution in [2.24, 2.45) is 11.8 Å². The zero-order valence-corrected chi connectivity index (χ0v) is 13.1. The van der Waals surface area contributed by atoms with Crippen LogP contribution in [0.1, 0.15) is 45.4 Å². The van der Waals surface area contributed by atoms with Gasteiger partial charge in [-0.15, -0.1) is 0 Å². The number of likely N-dealkylation sites (tertiary alicyclic amines) is 1. The van der Waals surface area contributed by atoms with E-state index in [1.54, 1.807) is 0 Å². The summed E-state index contributed by atoms with van der Waals surface area (Å²) in [6.45, 7) is 5.76. The van der Waals surface area contributed by atoms with E-state index in [1.165, 1.54) is 19.3 Å². The molecular weight excluding hydrogens is 268 g/mol. The Morgan fingerprint density at radius 3 is 2.67 bits per heavy atom. The average molecular weight is 296 g/mol. The average Bonchev–Trinajstić information content (AvgIpc) is 2.90. The van der Waals surface area contributed by atoms with Crippen molar-refractivity contribution in [3.63, 3.8) is 0 Å². The molecule has 2 saturated heterocycles. The number of carbonyl (C=O) groups is 1. The van der Waals surface area contributed by atoms with E-state index in [2.05, 4.69) is 5.32 Å². The molecule has 3 rings (SSSR count). The van der Waals surface area contributed by atoms with Crippen LogP contribution in [0.3, 0.4) is 0 Å². The monoisotopic (exact) mass is 296 g/mol. The maximum atomic E-state index is 12.3. The summed E-state index contributed by atoms with van der Waals surface area (Å²) < 4.78 is 11.5. The van der Waals surface area contributed by atoms with Gasteiger partial charge in [-0.2, -0.15) is 0 Å². The number of rotatable bonds is 4. The number of urea groups is 1. The molecule has 0 unspecified atom stereocenters. The van der Waals surface area contributed by atoms with Crippen molar-refractivity contribution in [1.82, 2.24) is 10.2 Å². The van der Waals surface area contributed by atoms with Crippen LogP contribution in [0.5, 0.6) is 0 Å². The Morgan fingerprint density at radius 2 is 2.00 bits per heavy atom. The Labute approximate surface area is 127 Å². The number of ether oxygens (including phenoxy) is 2. The summed E-state index contributed by atoms with van der Waals surface area (Å²) in [5, 5.41) is 3.08. The van der Waals surface area contributed by atoms with Crippen LogP contribution in [0.25, 0.3) is 0 Å². The molecule has 21 heavy (non-hydrogen) atoms. The van der Waals surface area contributed by atoms with E-state index in [9.17, 15) is 4.79 Å². The van der Waals surface area contributed by atoms with Gasteiger partial charge >= 0.3 is 6.03 Å². The molecule has 3 fully saturated rings. The van der Waals surface area contributed by atoms with Gasteiger partial charge in [-0.25, -0.2) is 4.79 Å². The van der Waals surface area contributed by atoms with Gasteiger partial charge in [0.15, 0.2) is 5.79 Å². The molecule has 0 aromatic rings. The van der Waals surface area contributed by atoms with Crippen LogP contribution in [0, 0.1) is 11.8 Å². The van der Waals surface area contributed by atoms with Crippen molar-refractivity contribution in [2.45, 2.75) is 51.2 Å². The van der Waals surface area contributed by atoms with Gasteiger partial charge in [0.2, 0.25) is 0 Å². The zero-order valence-electron chi connectivity index (χ0n) is 13.1. The minimum Gasteiger partial charge on any atom is -0.347 e. The number of carbonyl (C=O) groups excluding carboxylic acids is 1. The van der Waals surface area contributed by atoms with Crippen molar-refractivity contribution >= 4 is 6.03 Å². The number of amides is 2. The van der Waals surface area contributed by atoms with Crippen molar-refractivity contribution in [1.29, 1.82) is 0 Å². The maximum absolute atomic E-state index is 12.3. The first kappa shape index (κ1) is 15.1. The largest absolute Gasteiger partial charge is 0.347 e. The summed E-state index contributed by atoms with van der Waals surface area (Å²) in [6.07, 6.45) is 7.28. The second kappa shape index (κ2) is 6.53. The number of hydrogen-bond acceptors (Lipinski definition) is 3. The highest BCUT2D eigenvalue weighted by atomic mass is 16.7. The third-order valence-corrected chi connectivity index (χ3v) is 5.36. The highest BCUT2D eigenvalue weighted by Gasteiger charge is 2.42. The quantitative estimate of drug-likeness (QED) is 0.866. The third kappa shape index (κ3) is 3.51. The molecule has 2 heterocycles. The summed E-state index contributed by atoms with van der Waals surface area (Å²) in [7, 11) is 0. The van der Waals surface area contributed by atoms with Crippen LogP contribution in [0.15, 0.2) is 0 Å².